The molecule has 162 valence electrons. The predicted octanol–water partition coefficient (Wildman–Crippen LogP) is 2.52. The van der Waals surface area contributed by atoms with Crippen molar-refractivity contribution in [3.8, 4) is 0 Å². The Labute approximate surface area is 185 Å². The number of thioether (sulfide) groups is 1. The van der Waals surface area contributed by atoms with Crippen LogP contribution in [0.1, 0.15) is 26.2 Å². The molecule has 0 bridgehead atoms. The fraction of sp³-hybridized carbons (Fsp3) is 0.556. The molecule has 1 aliphatic heterocycles. The zero-order chi connectivity index (χ0) is 21.6. The molecule has 1 saturated heterocycles. The molecule has 0 aliphatic carbocycles. The zero-order valence-electron chi connectivity index (χ0n) is 16.3. The summed E-state index contributed by atoms with van der Waals surface area (Å²) in [4.78, 5) is 25.7. The Balaban J connectivity index is 2.13. The van der Waals surface area contributed by atoms with E-state index in [4.69, 9.17) is 23.2 Å². The number of halogens is 2. The third-order valence-electron chi connectivity index (χ3n) is 4.60. The number of benzene rings is 1. The van der Waals surface area contributed by atoms with Crippen LogP contribution in [0.2, 0.25) is 10.0 Å². The second-order valence-corrected chi connectivity index (χ2v) is 10.3. The standard InChI is InChI=1S/C18H25Cl2N3O4S2/c1-12(24)21-14-5-8-23(9-6-14)18(25)16(7-10-28-2)22-29(26,27)17-11-13(19)3-4-15(17)20/h3-4,11,14,16,22H,5-10H2,1-2H3,(H,21,24). The van der Waals surface area contributed by atoms with Gasteiger partial charge in [-0.05, 0) is 49.5 Å². The molecule has 1 aromatic rings. The highest BCUT2D eigenvalue weighted by atomic mass is 35.5. The summed E-state index contributed by atoms with van der Waals surface area (Å²) in [6.07, 6.45) is 3.51. The van der Waals surface area contributed by atoms with E-state index in [2.05, 4.69) is 10.0 Å². The second kappa shape index (κ2) is 10.9. The second-order valence-electron chi connectivity index (χ2n) is 6.83. The van der Waals surface area contributed by atoms with E-state index >= 15 is 0 Å². The molecule has 2 amide bonds. The van der Waals surface area contributed by atoms with Crippen LogP contribution >= 0.6 is 35.0 Å². The summed E-state index contributed by atoms with van der Waals surface area (Å²) in [7, 11) is -4.03. The van der Waals surface area contributed by atoms with Gasteiger partial charge in [-0.2, -0.15) is 16.5 Å². The molecular formula is C18H25Cl2N3O4S2. The van der Waals surface area contributed by atoms with Crippen molar-refractivity contribution < 1.29 is 18.0 Å². The third kappa shape index (κ3) is 7.03. The Kier molecular flexibility index (Phi) is 9.09. The number of amides is 2. The smallest absolute Gasteiger partial charge is 0.242 e. The summed E-state index contributed by atoms with van der Waals surface area (Å²) < 4.78 is 28.2. The van der Waals surface area contributed by atoms with Gasteiger partial charge in [0.15, 0.2) is 0 Å². The average molecular weight is 482 g/mol. The van der Waals surface area contributed by atoms with Crippen molar-refractivity contribution in [2.45, 2.75) is 43.2 Å². The van der Waals surface area contributed by atoms with Crippen LogP contribution in [0, 0.1) is 0 Å². The molecule has 1 aromatic carbocycles. The highest BCUT2D eigenvalue weighted by molar-refractivity contribution is 7.98. The number of nitrogens with zero attached hydrogens (tertiary/aromatic N) is 1. The normalized spacial score (nSPS) is 16.5. The number of sulfonamides is 1. The van der Waals surface area contributed by atoms with E-state index < -0.39 is 16.1 Å². The first kappa shape index (κ1) is 24.3. The lowest BCUT2D eigenvalue weighted by Crippen LogP contribution is -2.53. The highest BCUT2D eigenvalue weighted by Gasteiger charge is 2.32. The SMILES string of the molecule is CSCCC(NS(=O)(=O)c1cc(Cl)ccc1Cl)C(=O)N1CCC(NC(C)=O)CC1. The molecule has 2 N–H and O–H groups in total. The van der Waals surface area contributed by atoms with Crippen molar-refractivity contribution in [3.63, 3.8) is 0 Å². The first-order valence-electron chi connectivity index (χ1n) is 9.16. The van der Waals surface area contributed by atoms with Gasteiger partial charge in [-0.1, -0.05) is 23.2 Å². The first-order chi connectivity index (χ1) is 13.6. The molecule has 0 saturated carbocycles. The van der Waals surface area contributed by atoms with Crippen molar-refractivity contribution in [3.05, 3.63) is 28.2 Å². The number of nitrogens with one attached hydrogen (secondary N) is 2. The third-order valence-corrected chi connectivity index (χ3v) is 7.44. The van der Waals surface area contributed by atoms with Crippen LogP contribution in [-0.2, 0) is 19.6 Å². The van der Waals surface area contributed by atoms with Crippen LogP contribution in [0.3, 0.4) is 0 Å². The van der Waals surface area contributed by atoms with Gasteiger partial charge in [-0.25, -0.2) is 8.42 Å². The summed E-state index contributed by atoms with van der Waals surface area (Å²) in [5, 5.41) is 3.13. The summed E-state index contributed by atoms with van der Waals surface area (Å²) in [6, 6.07) is 3.30. The van der Waals surface area contributed by atoms with Gasteiger partial charge in [0, 0.05) is 31.1 Å². The number of rotatable bonds is 8. The Hall–Kier alpha value is -1.00. The maximum absolute atomic E-state index is 13.0. The minimum Gasteiger partial charge on any atom is -0.353 e. The first-order valence-corrected chi connectivity index (χ1v) is 12.8. The molecule has 1 aliphatic rings. The minimum absolute atomic E-state index is 0.0307. The fourth-order valence-electron chi connectivity index (χ4n) is 3.15. The monoisotopic (exact) mass is 481 g/mol. The van der Waals surface area contributed by atoms with Crippen LogP contribution in [0.4, 0.5) is 0 Å². The highest BCUT2D eigenvalue weighted by Crippen LogP contribution is 2.25. The molecule has 0 radical (unpaired) electrons. The molecular weight excluding hydrogens is 457 g/mol. The molecule has 1 fully saturated rings. The van der Waals surface area contributed by atoms with Crippen molar-refractivity contribution in [1.82, 2.24) is 14.9 Å². The number of carbonyl (C=O) groups excluding carboxylic acids is 2. The van der Waals surface area contributed by atoms with Crippen LogP contribution in [0.25, 0.3) is 0 Å². The van der Waals surface area contributed by atoms with E-state index in [1.807, 2.05) is 6.26 Å². The Morgan fingerprint density at radius 1 is 1.28 bits per heavy atom. The average Bonchev–Trinajstić information content (AvgIpc) is 2.66. The molecule has 7 nitrogen and oxygen atoms in total. The van der Waals surface area contributed by atoms with E-state index in [0.29, 0.717) is 38.1 Å². The summed E-state index contributed by atoms with van der Waals surface area (Å²) in [5.74, 6) is 0.241. The number of carbonyl (C=O) groups is 2. The quantitative estimate of drug-likeness (QED) is 0.594. The van der Waals surface area contributed by atoms with E-state index in [1.165, 1.54) is 36.9 Å². The van der Waals surface area contributed by atoms with Crippen molar-refractivity contribution in [2.75, 3.05) is 25.1 Å². The van der Waals surface area contributed by atoms with Crippen LogP contribution < -0.4 is 10.0 Å². The largest absolute Gasteiger partial charge is 0.353 e. The fourth-order valence-corrected chi connectivity index (χ4v) is 5.61. The van der Waals surface area contributed by atoms with Gasteiger partial charge in [-0.3, -0.25) is 9.59 Å². The zero-order valence-corrected chi connectivity index (χ0v) is 19.4. The van der Waals surface area contributed by atoms with Gasteiger partial charge in [0.1, 0.15) is 10.9 Å². The number of hydrogen-bond donors (Lipinski definition) is 2. The van der Waals surface area contributed by atoms with Gasteiger partial charge in [0.05, 0.1) is 5.02 Å². The van der Waals surface area contributed by atoms with E-state index in [9.17, 15) is 18.0 Å². The van der Waals surface area contributed by atoms with Crippen molar-refractivity contribution >= 4 is 56.8 Å². The van der Waals surface area contributed by atoms with E-state index in [0.717, 1.165) is 0 Å². The summed E-state index contributed by atoms with van der Waals surface area (Å²) >= 11 is 13.5. The number of hydrogen-bond acceptors (Lipinski definition) is 5. The minimum atomic E-state index is -4.03. The van der Waals surface area contributed by atoms with Gasteiger partial charge in [0.25, 0.3) is 0 Å². The molecule has 1 heterocycles. The number of likely N-dealkylation sites (tertiary alicyclic amines) is 1. The topological polar surface area (TPSA) is 95.6 Å². The Bertz CT molecular complexity index is 844. The van der Waals surface area contributed by atoms with Gasteiger partial charge < -0.3 is 10.2 Å². The van der Waals surface area contributed by atoms with Gasteiger partial charge >= 0.3 is 0 Å². The van der Waals surface area contributed by atoms with E-state index in [1.54, 1.807) is 4.90 Å². The molecule has 2 rings (SSSR count). The Morgan fingerprint density at radius 2 is 1.93 bits per heavy atom. The lowest BCUT2D eigenvalue weighted by molar-refractivity contribution is -0.134. The number of piperidine rings is 1. The molecule has 1 unspecified atom stereocenters. The maximum Gasteiger partial charge on any atom is 0.242 e. The van der Waals surface area contributed by atoms with Crippen molar-refractivity contribution in [1.29, 1.82) is 0 Å². The maximum atomic E-state index is 13.0. The van der Waals surface area contributed by atoms with Gasteiger partial charge in [-0.15, -0.1) is 0 Å². The molecule has 11 heteroatoms. The summed E-state index contributed by atoms with van der Waals surface area (Å²) in [5.41, 5.74) is 0. The lowest BCUT2D eigenvalue weighted by Gasteiger charge is -2.34. The molecule has 1 atom stereocenters. The van der Waals surface area contributed by atoms with Crippen LogP contribution in [0.15, 0.2) is 23.1 Å². The molecule has 0 spiro atoms. The van der Waals surface area contributed by atoms with Crippen molar-refractivity contribution in [2.24, 2.45) is 0 Å². The Morgan fingerprint density at radius 3 is 2.52 bits per heavy atom. The van der Waals surface area contributed by atoms with Gasteiger partial charge in [0.2, 0.25) is 21.8 Å². The van der Waals surface area contributed by atoms with Crippen LogP contribution in [0.5, 0.6) is 0 Å². The molecule has 0 aromatic heterocycles. The summed E-state index contributed by atoms with van der Waals surface area (Å²) in [6.45, 7) is 2.38. The predicted molar refractivity (Wildman–Crippen MR) is 117 cm³/mol. The lowest BCUT2D eigenvalue weighted by atomic mass is 10.0. The van der Waals surface area contributed by atoms with E-state index in [-0.39, 0.29) is 32.8 Å². The van der Waals surface area contributed by atoms with Crippen LogP contribution in [-0.4, -0.2) is 62.3 Å². The molecule has 29 heavy (non-hydrogen) atoms.